The number of hydrogen-bond acceptors (Lipinski definition) is 2. The molecule has 1 aromatic carbocycles. The monoisotopic (exact) mass is 305 g/mol. The largest absolute Gasteiger partial charge is 0.313 e. The predicted molar refractivity (Wildman–Crippen MR) is 73.4 cm³/mol. The molecule has 0 saturated carbocycles. The zero-order valence-corrected chi connectivity index (χ0v) is 12.0. The van der Waals surface area contributed by atoms with Crippen molar-refractivity contribution in [3.8, 4) is 0 Å². The van der Waals surface area contributed by atoms with Gasteiger partial charge < -0.3 is 5.32 Å². The lowest BCUT2D eigenvalue weighted by Gasteiger charge is -2.10. The fraction of sp³-hybridized carbons (Fsp3) is 0.500. The lowest BCUT2D eigenvalue weighted by molar-refractivity contribution is 0.614. The average molecular weight is 306 g/mol. The molecule has 90 valence electrons. The molecule has 16 heavy (non-hydrogen) atoms. The van der Waals surface area contributed by atoms with Crippen molar-refractivity contribution in [2.45, 2.75) is 25.1 Å². The molecule has 0 bridgehead atoms. The van der Waals surface area contributed by atoms with Crippen molar-refractivity contribution >= 4 is 27.7 Å². The second kappa shape index (κ2) is 7.30. The van der Waals surface area contributed by atoms with Crippen LogP contribution >= 0.6 is 27.7 Å². The van der Waals surface area contributed by atoms with E-state index in [1.54, 1.807) is 12.1 Å². The Hall–Kier alpha value is -0.0600. The molecule has 0 saturated heterocycles. The van der Waals surface area contributed by atoms with Crippen LogP contribution in [0.15, 0.2) is 22.7 Å². The Morgan fingerprint density at radius 2 is 2.25 bits per heavy atom. The average Bonchev–Trinajstić information content (AvgIpc) is 2.28. The first-order valence-electron chi connectivity index (χ1n) is 5.31. The van der Waals surface area contributed by atoms with E-state index in [-0.39, 0.29) is 5.82 Å². The Labute approximate surface area is 109 Å². The lowest BCUT2D eigenvalue weighted by Crippen LogP contribution is -2.18. The van der Waals surface area contributed by atoms with E-state index in [0.717, 1.165) is 23.0 Å². The summed E-state index contributed by atoms with van der Waals surface area (Å²) in [7, 11) is 0. The summed E-state index contributed by atoms with van der Waals surface area (Å²) in [6.45, 7) is 3.88. The first kappa shape index (κ1) is 14.0. The van der Waals surface area contributed by atoms with Gasteiger partial charge in [0, 0.05) is 16.3 Å². The molecule has 0 aliphatic rings. The summed E-state index contributed by atoms with van der Waals surface area (Å²) >= 11 is 5.28. The van der Waals surface area contributed by atoms with Gasteiger partial charge in [0.1, 0.15) is 5.82 Å². The Morgan fingerprint density at radius 3 is 2.94 bits per heavy atom. The van der Waals surface area contributed by atoms with Gasteiger partial charge in [-0.1, -0.05) is 22.9 Å². The van der Waals surface area contributed by atoms with Crippen LogP contribution < -0.4 is 5.32 Å². The van der Waals surface area contributed by atoms with Crippen LogP contribution in [0.3, 0.4) is 0 Å². The summed E-state index contributed by atoms with van der Waals surface area (Å²) < 4.78 is 13.9. The summed E-state index contributed by atoms with van der Waals surface area (Å²) in [5.74, 6) is -0.183. The Balaban J connectivity index is 2.34. The van der Waals surface area contributed by atoms with E-state index >= 15 is 0 Å². The third-order valence-electron chi connectivity index (χ3n) is 2.45. The predicted octanol–water partition coefficient (Wildman–Crippen LogP) is 3.82. The summed E-state index contributed by atoms with van der Waals surface area (Å²) in [5, 5.41) is 3.99. The SMILES string of the molecule is CSC(C)CCNCc1cc(F)ccc1Br. The molecular weight excluding hydrogens is 289 g/mol. The van der Waals surface area contributed by atoms with Crippen LogP contribution in [0, 0.1) is 5.82 Å². The highest BCUT2D eigenvalue weighted by Gasteiger charge is 2.02. The van der Waals surface area contributed by atoms with Crippen molar-refractivity contribution in [2.75, 3.05) is 12.8 Å². The molecule has 0 fully saturated rings. The lowest BCUT2D eigenvalue weighted by atomic mass is 10.2. The van der Waals surface area contributed by atoms with Crippen molar-refractivity contribution in [1.29, 1.82) is 0 Å². The summed E-state index contributed by atoms with van der Waals surface area (Å²) in [4.78, 5) is 0. The van der Waals surface area contributed by atoms with E-state index in [2.05, 4.69) is 34.4 Å². The van der Waals surface area contributed by atoms with Gasteiger partial charge in [0.05, 0.1) is 0 Å². The van der Waals surface area contributed by atoms with Crippen molar-refractivity contribution in [3.63, 3.8) is 0 Å². The van der Waals surface area contributed by atoms with Crippen LogP contribution in [-0.4, -0.2) is 18.1 Å². The van der Waals surface area contributed by atoms with Gasteiger partial charge >= 0.3 is 0 Å². The van der Waals surface area contributed by atoms with E-state index < -0.39 is 0 Å². The van der Waals surface area contributed by atoms with Gasteiger partial charge in [-0.25, -0.2) is 4.39 Å². The highest BCUT2D eigenvalue weighted by Crippen LogP contribution is 2.17. The molecule has 0 spiro atoms. The van der Waals surface area contributed by atoms with Gasteiger partial charge in [-0.3, -0.25) is 0 Å². The van der Waals surface area contributed by atoms with E-state index in [4.69, 9.17) is 0 Å². The van der Waals surface area contributed by atoms with Crippen molar-refractivity contribution in [1.82, 2.24) is 5.32 Å². The molecule has 1 N–H and O–H groups in total. The van der Waals surface area contributed by atoms with Gasteiger partial charge in [-0.2, -0.15) is 11.8 Å². The van der Waals surface area contributed by atoms with Crippen LogP contribution in [0.25, 0.3) is 0 Å². The van der Waals surface area contributed by atoms with Crippen molar-refractivity contribution in [3.05, 3.63) is 34.1 Å². The minimum absolute atomic E-state index is 0.183. The third kappa shape index (κ3) is 4.85. The van der Waals surface area contributed by atoms with Gasteiger partial charge in [0.15, 0.2) is 0 Å². The molecule has 1 unspecified atom stereocenters. The van der Waals surface area contributed by atoms with Crippen LogP contribution in [0.1, 0.15) is 18.9 Å². The fourth-order valence-corrected chi connectivity index (χ4v) is 2.07. The number of thioether (sulfide) groups is 1. The second-order valence-corrected chi connectivity index (χ2v) is 5.88. The molecular formula is C12H17BrFNS. The number of halogens is 2. The van der Waals surface area contributed by atoms with Gasteiger partial charge in [0.25, 0.3) is 0 Å². The van der Waals surface area contributed by atoms with E-state index in [1.807, 2.05) is 11.8 Å². The number of nitrogens with one attached hydrogen (secondary N) is 1. The molecule has 1 nitrogen and oxygen atoms in total. The molecule has 0 aromatic heterocycles. The third-order valence-corrected chi connectivity index (χ3v) is 4.27. The van der Waals surface area contributed by atoms with E-state index in [0.29, 0.717) is 11.8 Å². The Kier molecular flexibility index (Phi) is 6.39. The molecule has 1 aromatic rings. The molecule has 0 heterocycles. The highest BCUT2D eigenvalue weighted by molar-refractivity contribution is 9.10. The highest BCUT2D eigenvalue weighted by atomic mass is 79.9. The minimum atomic E-state index is -0.183. The van der Waals surface area contributed by atoms with Crippen LogP contribution in [0.2, 0.25) is 0 Å². The quantitative estimate of drug-likeness (QED) is 0.802. The molecule has 0 amide bonds. The maximum absolute atomic E-state index is 13.0. The molecule has 0 aliphatic heterocycles. The van der Waals surface area contributed by atoms with Crippen LogP contribution in [0.5, 0.6) is 0 Å². The zero-order chi connectivity index (χ0) is 12.0. The van der Waals surface area contributed by atoms with E-state index in [1.165, 1.54) is 6.07 Å². The van der Waals surface area contributed by atoms with Gasteiger partial charge in [-0.15, -0.1) is 0 Å². The maximum atomic E-state index is 13.0. The fourth-order valence-electron chi connectivity index (χ4n) is 1.33. The molecule has 4 heteroatoms. The molecule has 0 radical (unpaired) electrons. The number of rotatable bonds is 6. The maximum Gasteiger partial charge on any atom is 0.123 e. The standard InChI is InChI=1S/C12H17BrFNS/c1-9(16-2)5-6-15-8-10-7-11(14)3-4-12(10)13/h3-4,7,9,15H,5-6,8H2,1-2H3. The van der Waals surface area contributed by atoms with Crippen LogP contribution in [0.4, 0.5) is 4.39 Å². The zero-order valence-electron chi connectivity index (χ0n) is 9.59. The summed E-state index contributed by atoms with van der Waals surface area (Å²) in [5.41, 5.74) is 0.969. The van der Waals surface area contributed by atoms with Gasteiger partial charge in [0.2, 0.25) is 0 Å². The topological polar surface area (TPSA) is 12.0 Å². The van der Waals surface area contributed by atoms with Gasteiger partial charge in [-0.05, 0) is 43.0 Å². The molecule has 1 rings (SSSR count). The minimum Gasteiger partial charge on any atom is -0.313 e. The summed E-state index contributed by atoms with van der Waals surface area (Å²) in [6.07, 6.45) is 3.25. The molecule has 0 aliphatic carbocycles. The number of benzene rings is 1. The van der Waals surface area contributed by atoms with Crippen molar-refractivity contribution < 1.29 is 4.39 Å². The molecule has 1 atom stereocenters. The Bertz CT molecular complexity index is 333. The summed E-state index contributed by atoms with van der Waals surface area (Å²) in [6, 6.07) is 4.77. The first-order valence-corrected chi connectivity index (χ1v) is 7.39. The normalized spacial score (nSPS) is 12.8. The van der Waals surface area contributed by atoms with Crippen LogP contribution in [-0.2, 0) is 6.54 Å². The first-order chi connectivity index (χ1) is 7.63. The van der Waals surface area contributed by atoms with Crippen molar-refractivity contribution in [2.24, 2.45) is 0 Å². The Morgan fingerprint density at radius 1 is 1.50 bits per heavy atom. The smallest absolute Gasteiger partial charge is 0.123 e. The second-order valence-electron chi connectivity index (χ2n) is 3.75. The van der Waals surface area contributed by atoms with E-state index in [9.17, 15) is 4.39 Å². The number of hydrogen-bond donors (Lipinski definition) is 1.